The number of ether oxygens (including phenoxy) is 2. The van der Waals surface area contributed by atoms with E-state index in [4.69, 9.17) is 15.3 Å². The van der Waals surface area contributed by atoms with Gasteiger partial charge in [0.25, 0.3) is 0 Å². The topological polar surface area (TPSA) is 104 Å². The van der Waals surface area contributed by atoms with E-state index in [-0.39, 0.29) is 11.7 Å². The molecule has 3 heterocycles. The molecular weight excluding hydrogens is 386 g/mol. The summed E-state index contributed by atoms with van der Waals surface area (Å²) in [4.78, 5) is 13.2. The van der Waals surface area contributed by atoms with E-state index in [2.05, 4.69) is 15.5 Å². The fourth-order valence-electron chi connectivity index (χ4n) is 2.52. The van der Waals surface area contributed by atoms with E-state index in [1.165, 1.54) is 27.8 Å². The first-order valence-electron chi connectivity index (χ1n) is 8.27. The number of nitrogens with zero attached hydrogens (tertiary/aromatic N) is 3. The molecule has 1 amide bonds. The van der Waals surface area contributed by atoms with Gasteiger partial charge in [0.05, 0.1) is 23.8 Å². The van der Waals surface area contributed by atoms with Crippen LogP contribution < -0.4 is 20.6 Å². The van der Waals surface area contributed by atoms with Gasteiger partial charge in [0.2, 0.25) is 11.1 Å². The van der Waals surface area contributed by atoms with Crippen LogP contribution in [0.3, 0.4) is 0 Å². The van der Waals surface area contributed by atoms with Crippen molar-refractivity contribution in [3.8, 4) is 22.2 Å². The number of benzene rings is 1. The maximum Gasteiger partial charge on any atom is 0.234 e. The van der Waals surface area contributed by atoms with Gasteiger partial charge in [-0.25, -0.2) is 4.68 Å². The normalized spacial score (nSPS) is 13.2. The molecule has 0 atom stereocenters. The van der Waals surface area contributed by atoms with Crippen molar-refractivity contribution < 1.29 is 14.3 Å². The van der Waals surface area contributed by atoms with Crippen LogP contribution in [0.25, 0.3) is 10.7 Å². The Bertz CT molecular complexity index is 942. The van der Waals surface area contributed by atoms with Crippen LogP contribution in [0.2, 0.25) is 0 Å². The molecule has 0 fully saturated rings. The van der Waals surface area contributed by atoms with Crippen LogP contribution in [-0.2, 0) is 4.79 Å². The lowest BCUT2D eigenvalue weighted by molar-refractivity contribution is -0.113. The van der Waals surface area contributed by atoms with Crippen molar-refractivity contribution in [3.05, 3.63) is 35.7 Å². The average molecular weight is 403 g/mol. The first-order chi connectivity index (χ1) is 13.2. The highest BCUT2D eigenvalue weighted by molar-refractivity contribution is 7.99. The van der Waals surface area contributed by atoms with E-state index < -0.39 is 0 Å². The number of rotatable bonds is 5. The van der Waals surface area contributed by atoms with Crippen molar-refractivity contribution in [2.24, 2.45) is 0 Å². The Labute approximate surface area is 163 Å². The van der Waals surface area contributed by atoms with Gasteiger partial charge in [-0.05, 0) is 23.6 Å². The molecule has 0 radical (unpaired) electrons. The fourth-order valence-corrected chi connectivity index (χ4v) is 3.88. The summed E-state index contributed by atoms with van der Waals surface area (Å²) < 4.78 is 12.6. The molecule has 0 saturated carbocycles. The Morgan fingerprint density at radius 3 is 2.93 bits per heavy atom. The predicted molar refractivity (Wildman–Crippen MR) is 105 cm³/mol. The highest BCUT2D eigenvalue weighted by Crippen LogP contribution is 2.32. The van der Waals surface area contributed by atoms with Crippen molar-refractivity contribution in [1.29, 1.82) is 0 Å². The van der Waals surface area contributed by atoms with Gasteiger partial charge in [0, 0.05) is 18.2 Å². The molecule has 0 saturated heterocycles. The molecule has 0 unspecified atom stereocenters. The van der Waals surface area contributed by atoms with Crippen molar-refractivity contribution in [3.63, 3.8) is 0 Å². The van der Waals surface area contributed by atoms with Gasteiger partial charge in [0.15, 0.2) is 17.3 Å². The first-order valence-corrected chi connectivity index (χ1v) is 10.1. The third-order valence-corrected chi connectivity index (χ3v) is 5.58. The van der Waals surface area contributed by atoms with Gasteiger partial charge in [-0.2, -0.15) is 0 Å². The number of thioether (sulfide) groups is 1. The first kappa shape index (κ1) is 17.7. The molecule has 3 N–H and O–H groups in total. The van der Waals surface area contributed by atoms with Crippen LogP contribution in [0.5, 0.6) is 11.5 Å². The maximum absolute atomic E-state index is 12.3. The van der Waals surface area contributed by atoms with Gasteiger partial charge in [-0.1, -0.05) is 17.8 Å². The van der Waals surface area contributed by atoms with Crippen molar-refractivity contribution in [1.82, 2.24) is 14.9 Å². The van der Waals surface area contributed by atoms with Gasteiger partial charge in [-0.15, -0.1) is 21.5 Å². The zero-order valence-electron chi connectivity index (χ0n) is 14.3. The quantitative estimate of drug-likeness (QED) is 0.498. The SMILES string of the molecule is Nn1c(SCC(=O)Nc2ccc3c(c2)OCCCO3)nnc1-c1cccs1. The minimum atomic E-state index is -0.171. The summed E-state index contributed by atoms with van der Waals surface area (Å²) in [5.74, 6) is 7.94. The Morgan fingerprint density at radius 2 is 2.11 bits per heavy atom. The Hall–Kier alpha value is -2.72. The van der Waals surface area contributed by atoms with E-state index in [1.54, 1.807) is 18.2 Å². The zero-order valence-corrected chi connectivity index (χ0v) is 15.9. The minimum Gasteiger partial charge on any atom is -0.490 e. The highest BCUT2D eigenvalue weighted by atomic mass is 32.2. The summed E-state index contributed by atoms with van der Waals surface area (Å²) in [6.45, 7) is 1.22. The lowest BCUT2D eigenvalue weighted by Crippen LogP contribution is -2.16. The Morgan fingerprint density at radius 1 is 1.26 bits per heavy atom. The number of hydrogen-bond donors (Lipinski definition) is 2. The number of carbonyl (C=O) groups is 1. The molecule has 1 aliphatic rings. The second kappa shape index (κ2) is 7.89. The van der Waals surface area contributed by atoms with E-state index in [0.717, 1.165) is 11.3 Å². The summed E-state index contributed by atoms with van der Waals surface area (Å²) in [7, 11) is 0. The van der Waals surface area contributed by atoms with Crippen LogP contribution in [0.4, 0.5) is 5.69 Å². The van der Waals surface area contributed by atoms with Crippen LogP contribution >= 0.6 is 23.1 Å². The smallest absolute Gasteiger partial charge is 0.234 e. The molecule has 27 heavy (non-hydrogen) atoms. The maximum atomic E-state index is 12.3. The summed E-state index contributed by atoms with van der Waals surface area (Å²) in [6, 6.07) is 9.20. The van der Waals surface area contributed by atoms with Crippen LogP contribution in [-0.4, -0.2) is 39.7 Å². The number of nitrogens with two attached hydrogens (primary N) is 1. The van der Waals surface area contributed by atoms with Gasteiger partial charge in [-0.3, -0.25) is 4.79 Å². The van der Waals surface area contributed by atoms with E-state index in [9.17, 15) is 4.79 Å². The molecule has 1 aliphatic heterocycles. The number of anilines is 1. The molecule has 8 nitrogen and oxygen atoms in total. The largest absolute Gasteiger partial charge is 0.490 e. The molecular formula is C17H17N5O3S2. The van der Waals surface area contributed by atoms with Crippen molar-refractivity contribution >= 4 is 34.7 Å². The molecule has 0 aliphatic carbocycles. The van der Waals surface area contributed by atoms with Crippen LogP contribution in [0.15, 0.2) is 40.9 Å². The number of fused-ring (bicyclic) bond motifs is 1. The standard InChI is InChI=1S/C17H17N5O3S2/c18-22-16(14-3-1-8-26-14)20-21-17(22)27-10-15(23)19-11-4-5-12-13(9-11)25-7-2-6-24-12/h1,3-5,8-9H,2,6-7,10,18H2,(H,19,23). The number of thiophene rings is 1. The zero-order chi connectivity index (χ0) is 18.6. The summed E-state index contributed by atoms with van der Waals surface area (Å²) in [5.41, 5.74) is 0.651. The second-order valence-corrected chi connectivity index (χ2v) is 7.59. The van der Waals surface area contributed by atoms with Crippen LogP contribution in [0.1, 0.15) is 6.42 Å². The Kier molecular flexibility index (Phi) is 5.16. The van der Waals surface area contributed by atoms with E-state index in [0.29, 0.717) is 41.4 Å². The predicted octanol–water partition coefficient (Wildman–Crippen LogP) is 2.61. The third-order valence-electron chi connectivity index (χ3n) is 3.77. The monoisotopic (exact) mass is 403 g/mol. The average Bonchev–Trinajstić information content (AvgIpc) is 3.24. The third kappa shape index (κ3) is 4.01. The van der Waals surface area contributed by atoms with E-state index >= 15 is 0 Å². The van der Waals surface area contributed by atoms with Crippen LogP contribution in [0, 0.1) is 0 Å². The molecule has 2 aromatic heterocycles. The summed E-state index contributed by atoms with van der Waals surface area (Å²) >= 11 is 2.75. The van der Waals surface area contributed by atoms with Gasteiger partial charge >= 0.3 is 0 Å². The number of carbonyl (C=O) groups excluding carboxylic acids is 1. The lowest BCUT2D eigenvalue weighted by Gasteiger charge is -2.10. The number of nitrogens with one attached hydrogen (secondary N) is 1. The summed E-state index contributed by atoms with van der Waals surface area (Å²) in [6.07, 6.45) is 0.834. The molecule has 4 rings (SSSR count). The molecule has 140 valence electrons. The molecule has 0 spiro atoms. The number of nitrogen functional groups attached to an aromatic ring is 1. The van der Waals surface area contributed by atoms with Gasteiger partial charge < -0.3 is 20.6 Å². The molecule has 1 aromatic carbocycles. The number of amides is 1. The molecule has 0 bridgehead atoms. The van der Waals surface area contributed by atoms with Crippen molar-refractivity contribution in [2.75, 3.05) is 30.1 Å². The summed E-state index contributed by atoms with van der Waals surface area (Å²) in [5, 5.41) is 13.4. The van der Waals surface area contributed by atoms with Crippen molar-refractivity contribution in [2.45, 2.75) is 11.6 Å². The highest BCUT2D eigenvalue weighted by Gasteiger charge is 2.15. The Balaban J connectivity index is 1.37. The lowest BCUT2D eigenvalue weighted by atomic mass is 10.2. The minimum absolute atomic E-state index is 0.161. The number of aromatic nitrogens is 3. The number of hydrogen-bond acceptors (Lipinski definition) is 8. The van der Waals surface area contributed by atoms with E-state index in [1.807, 2.05) is 17.5 Å². The molecule has 3 aromatic rings. The fraction of sp³-hybridized carbons (Fsp3) is 0.235. The van der Waals surface area contributed by atoms with Gasteiger partial charge in [0.1, 0.15) is 0 Å². The second-order valence-electron chi connectivity index (χ2n) is 5.70. The molecule has 10 heteroatoms.